The van der Waals surface area contributed by atoms with Crippen molar-refractivity contribution in [2.75, 3.05) is 18.8 Å². The Morgan fingerprint density at radius 1 is 1.33 bits per heavy atom. The SMILES string of the molecule is CCN(CC)C(=O)n1cnc(S(=O)(=O)CC2CCCC2)n1. The van der Waals surface area contributed by atoms with Crippen LogP contribution in [0.4, 0.5) is 4.79 Å². The summed E-state index contributed by atoms with van der Waals surface area (Å²) in [4.78, 5) is 17.5. The molecule has 1 saturated carbocycles. The van der Waals surface area contributed by atoms with Crippen LogP contribution in [-0.2, 0) is 9.84 Å². The minimum atomic E-state index is -3.51. The third kappa shape index (κ3) is 3.61. The summed E-state index contributed by atoms with van der Waals surface area (Å²) in [5.41, 5.74) is 0. The van der Waals surface area contributed by atoms with E-state index in [2.05, 4.69) is 10.1 Å². The molecule has 0 aromatic carbocycles. The third-order valence-corrected chi connectivity index (χ3v) is 5.56. The lowest BCUT2D eigenvalue weighted by molar-refractivity contribution is 0.201. The second kappa shape index (κ2) is 6.55. The van der Waals surface area contributed by atoms with E-state index in [4.69, 9.17) is 0 Å². The smallest absolute Gasteiger partial charge is 0.323 e. The molecule has 1 aliphatic carbocycles. The minimum Gasteiger partial charge on any atom is -0.323 e. The molecule has 118 valence electrons. The van der Waals surface area contributed by atoms with Crippen molar-refractivity contribution in [3.63, 3.8) is 0 Å². The van der Waals surface area contributed by atoms with Crippen LogP contribution in [-0.4, -0.2) is 53.0 Å². The molecule has 0 N–H and O–H groups in total. The lowest BCUT2D eigenvalue weighted by Gasteiger charge is -2.17. The number of rotatable bonds is 5. The van der Waals surface area contributed by atoms with E-state index in [1.807, 2.05) is 13.8 Å². The van der Waals surface area contributed by atoms with Gasteiger partial charge in [0.15, 0.2) is 0 Å². The van der Waals surface area contributed by atoms with Crippen LogP contribution in [0.3, 0.4) is 0 Å². The maximum Gasteiger partial charge on any atom is 0.346 e. The van der Waals surface area contributed by atoms with Gasteiger partial charge in [-0.25, -0.2) is 18.2 Å². The standard InChI is InChI=1S/C13H22N4O3S/c1-3-16(4-2)13(18)17-10-14-12(15-17)21(19,20)9-11-7-5-6-8-11/h10-11H,3-9H2,1-2H3. The molecule has 2 rings (SSSR count). The van der Waals surface area contributed by atoms with Crippen molar-refractivity contribution in [3.05, 3.63) is 6.33 Å². The number of carbonyl (C=O) groups excluding carboxylic acids is 1. The fourth-order valence-electron chi connectivity index (χ4n) is 2.68. The Bertz CT molecular complexity index is 586. The van der Waals surface area contributed by atoms with Crippen molar-refractivity contribution < 1.29 is 13.2 Å². The predicted molar refractivity (Wildman–Crippen MR) is 77.7 cm³/mol. The first kappa shape index (κ1) is 15.9. The van der Waals surface area contributed by atoms with Crippen LogP contribution in [0, 0.1) is 5.92 Å². The van der Waals surface area contributed by atoms with Gasteiger partial charge in [-0.3, -0.25) is 0 Å². The topological polar surface area (TPSA) is 85.2 Å². The molecule has 1 aliphatic rings. The van der Waals surface area contributed by atoms with Gasteiger partial charge >= 0.3 is 6.03 Å². The van der Waals surface area contributed by atoms with Crippen molar-refractivity contribution in [3.8, 4) is 0 Å². The zero-order chi connectivity index (χ0) is 15.5. The number of amides is 1. The van der Waals surface area contributed by atoms with Gasteiger partial charge in [0.2, 0.25) is 9.84 Å². The molecule has 1 amide bonds. The maximum absolute atomic E-state index is 12.3. The molecule has 0 saturated heterocycles. The molecule has 0 unspecified atom stereocenters. The van der Waals surface area contributed by atoms with Crippen LogP contribution in [0.25, 0.3) is 0 Å². The van der Waals surface area contributed by atoms with Crippen molar-refractivity contribution in [1.82, 2.24) is 19.7 Å². The number of carbonyl (C=O) groups is 1. The first-order chi connectivity index (χ1) is 9.97. The van der Waals surface area contributed by atoms with E-state index in [1.54, 1.807) is 4.90 Å². The quantitative estimate of drug-likeness (QED) is 0.823. The molecule has 8 heteroatoms. The Morgan fingerprint density at radius 2 is 1.95 bits per heavy atom. The molecule has 0 spiro atoms. The van der Waals surface area contributed by atoms with Crippen LogP contribution in [0.15, 0.2) is 11.5 Å². The Hall–Kier alpha value is -1.44. The molecular formula is C13H22N4O3S. The second-order valence-corrected chi connectivity index (χ2v) is 7.29. The van der Waals surface area contributed by atoms with Gasteiger partial charge in [-0.1, -0.05) is 12.8 Å². The number of hydrogen-bond acceptors (Lipinski definition) is 5. The molecule has 0 radical (unpaired) electrons. The second-order valence-electron chi connectivity index (χ2n) is 5.36. The lowest BCUT2D eigenvalue weighted by atomic mass is 10.1. The largest absolute Gasteiger partial charge is 0.346 e. The molecule has 7 nitrogen and oxygen atoms in total. The van der Waals surface area contributed by atoms with Gasteiger partial charge in [0.05, 0.1) is 5.75 Å². The summed E-state index contributed by atoms with van der Waals surface area (Å²) in [6, 6.07) is -0.352. The van der Waals surface area contributed by atoms with Gasteiger partial charge in [0.1, 0.15) is 6.33 Å². The van der Waals surface area contributed by atoms with E-state index in [0.29, 0.717) is 13.1 Å². The molecule has 0 aliphatic heterocycles. The van der Waals surface area contributed by atoms with Crippen LogP contribution in [0.5, 0.6) is 0 Å². The highest BCUT2D eigenvalue weighted by Crippen LogP contribution is 2.27. The van der Waals surface area contributed by atoms with Gasteiger partial charge in [0, 0.05) is 13.1 Å². The summed E-state index contributed by atoms with van der Waals surface area (Å²) in [5, 5.41) is 3.63. The van der Waals surface area contributed by atoms with E-state index in [0.717, 1.165) is 30.4 Å². The van der Waals surface area contributed by atoms with Crippen LogP contribution < -0.4 is 0 Å². The average molecular weight is 314 g/mol. The van der Waals surface area contributed by atoms with Gasteiger partial charge < -0.3 is 4.90 Å². The van der Waals surface area contributed by atoms with Gasteiger partial charge in [-0.05, 0) is 32.6 Å². The van der Waals surface area contributed by atoms with E-state index in [1.165, 1.54) is 6.33 Å². The van der Waals surface area contributed by atoms with Gasteiger partial charge in [0.25, 0.3) is 5.16 Å². The molecular weight excluding hydrogens is 292 g/mol. The fraction of sp³-hybridized carbons (Fsp3) is 0.769. The summed E-state index contributed by atoms with van der Waals surface area (Å²) in [6.45, 7) is 4.80. The first-order valence-corrected chi connectivity index (χ1v) is 9.06. The van der Waals surface area contributed by atoms with E-state index >= 15 is 0 Å². The normalized spacial score (nSPS) is 16.3. The van der Waals surface area contributed by atoms with Crippen molar-refractivity contribution in [2.24, 2.45) is 5.92 Å². The van der Waals surface area contributed by atoms with E-state index < -0.39 is 9.84 Å². The molecule has 1 aromatic rings. The van der Waals surface area contributed by atoms with Crippen LogP contribution >= 0.6 is 0 Å². The number of nitrogens with zero attached hydrogens (tertiary/aromatic N) is 4. The average Bonchev–Trinajstić information content (AvgIpc) is 3.10. The van der Waals surface area contributed by atoms with Crippen molar-refractivity contribution >= 4 is 15.9 Å². The highest BCUT2D eigenvalue weighted by molar-refractivity contribution is 7.91. The number of hydrogen-bond donors (Lipinski definition) is 0. The van der Waals surface area contributed by atoms with Crippen molar-refractivity contribution in [2.45, 2.75) is 44.7 Å². The molecule has 0 atom stereocenters. The Balaban J connectivity index is 2.13. The third-order valence-electron chi connectivity index (χ3n) is 3.91. The monoisotopic (exact) mass is 314 g/mol. The van der Waals surface area contributed by atoms with Crippen LogP contribution in [0.2, 0.25) is 0 Å². The zero-order valence-electron chi connectivity index (χ0n) is 12.5. The lowest BCUT2D eigenvalue weighted by Crippen LogP contribution is -2.34. The summed E-state index contributed by atoms with van der Waals surface area (Å²) in [7, 11) is -3.51. The molecule has 1 aromatic heterocycles. The highest BCUT2D eigenvalue weighted by atomic mass is 32.2. The zero-order valence-corrected chi connectivity index (χ0v) is 13.3. The summed E-state index contributed by atoms with van der Waals surface area (Å²) in [6.07, 6.45) is 5.24. The number of sulfone groups is 1. The molecule has 21 heavy (non-hydrogen) atoms. The van der Waals surface area contributed by atoms with E-state index in [9.17, 15) is 13.2 Å². The Morgan fingerprint density at radius 3 is 2.52 bits per heavy atom. The van der Waals surface area contributed by atoms with Gasteiger partial charge in [-0.15, -0.1) is 5.10 Å². The number of aromatic nitrogens is 3. The minimum absolute atomic E-state index is 0.0798. The molecule has 1 heterocycles. The Kier molecular flexibility index (Phi) is 4.97. The fourth-order valence-corrected chi connectivity index (χ4v) is 4.21. The summed E-state index contributed by atoms with van der Waals surface area (Å²) >= 11 is 0. The summed E-state index contributed by atoms with van der Waals surface area (Å²) < 4.78 is 25.5. The molecule has 1 fully saturated rings. The highest BCUT2D eigenvalue weighted by Gasteiger charge is 2.28. The predicted octanol–water partition coefficient (Wildman–Crippen LogP) is 1.55. The van der Waals surface area contributed by atoms with Gasteiger partial charge in [-0.2, -0.15) is 4.68 Å². The summed E-state index contributed by atoms with van der Waals surface area (Å²) in [5.74, 6) is 0.275. The first-order valence-electron chi connectivity index (χ1n) is 7.41. The maximum atomic E-state index is 12.3. The Labute approximate surface area is 125 Å². The van der Waals surface area contributed by atoms with Crippen molar-refractivity contribution in [1.29, 1.82) is 0 Å². The van der Waals surface area contributed by atoms with Crippen LogP contribution in [0.1, 0.15) is 39.5 Å². The van der Waals surface area contributed by atoms with E-state index in [-0.39, 0.29) is 22.9 Å². The molecule has 0 bridgehead atoms.